The summed E-state index contributed by atoms with van der Waals surface area (Å²) in [7, 11) is 1.99. The summed E-state index contributed by atoms with van der Waals surface area (Å²) in [4.78, 5) is 17.2. The van der Waals surface area contributed by atoms with Crippen LogP contribution >= 0.6 is 0 Å². The second kappa shape index (κ2) is 6.91. The fraction of sp³-hybridized carbons (Fsp3) is 0.360. The van der Waals surface area contributed by atoms with Gasteiger partial charge >= 0.3 is 0 Å². The Hall–Kier alpha value is -3.26. The Labute approximate surface area is 176 Å². The van der Waals surface area contributed by atoms with Crippen molar-refractivity contribution in [2.45, 2.75) is 31.6 Å². The number of aryl methyl sites for hydroxylation is 1. The van der Waals surface area contributed by atoms with Gasteiger partial charge in [-0.3, -0.25) is 14.5 Å². The lowest BCUT2D eigenvalue weighted by Gasteiger charge is -2.51. The molecule has 1 unspecified atom stereocenters. The van der Waals surface area contributed by atoms with E-state index >= 15 is 0 Å². The van der Waals surface area contributed by atoms with Crippen LogP contribution in [0.1, 0.15) is 36.6 Å². The van der Waals surface area contributed by atoms with Gasteiger partial charge in [-0.25, -0.2) is 0 Å². The normalized spacial score (nSPS) is 27.8. The Morgan fingerprint density at radius 3 is 2.70 bits per heavy atom. The monoisotopic (exact) mass is 396 g/mol. The topological polar surface area (TPSA) is 71.6 Å². The minimum Gasteiger partial charge on any atom is -0.298 e. The molecule has 2 heterocycles. The molecule has 2 aliphatic carbocycles. The lowest BCUT2D eigenvalue weighted by Crippen LogP contribution is -2.53. The number of carbonyl (C=O) groups excluding carboxylic acids is 1. The third-order valence-electron chi connectivity index (χ3n) is 7.21. The number of nitrogens with zero attached hydrogens (tertiary/aromatic N) is 4. The van der Waals surface area contributed by atoms with Gasteiger partial charge in [0.2, 0.25) is 0 Å². The number of ketones is 1. The van der Waals surface area contributed by atoms with Crippen molar-refractivity contribution in [3.63, 3.8) is 0 Å². The second-order valence-corrected chi connectivity index (χ2v) is 8.60. The van der Waals surface area contributed by atoms with E-state index in [2.05, 4.69) is 35.3 Å². The average Bonchev–Trinajstić information content (AvgIpc) is 3.14. The molecule has 1 aromatic carbocycles. The van der Waals surface area contributed by atoms with Gasteiger partial charge in [-0.15, -0.1) is 0 Å². The molecule has 2 aromatic heterocycles. The highest BCUT2D eigenvalue weighted by molar-refractivity contribution is 5.87. The number of rotatable bonds is 2. The van der Waals surface area contributed by atoms with Crippen LogP contribution in [0.25, 0.3) is 11.3 Å². The van der Waals surface area contributed by atoms with E-state index in [-0.39, 0.29) is 17.6 Å². The van der Waals surface area contributed by atoms with E-state index in [9.17, 15) is 10.1 Å². The number of hydrogen-bond acceptors (Lipinski definition) is 4. The summed E-state index contributed by atoms with van der Waals surface area (Å²) in [6, 6.07) is 16.7. The first-order valence-corrected chi connectivity index (χ1v) is 10.5. The highest BCUT2D eigenvalue weighted by Gasteiger charge is 2.57. The number of benzene rings is 1. The lowest BCUT2D eigenvalue weighted by molar-refractivity contribution is -0.131. The first kappa shape index (κ1) is 18.7. The summed E-state index contributed by atoms with van der Waals surface area (Å²) in [5.74, 6) is -0.513. The van der Waals surface area contributed by atoms with Crippen molar-refractivity contribution >= 4 is 5.78 Å². The molecule has 0 saturated heterocycles. The summed E-state index contributed by atoms with van der Waals surface area (Å²) in [5, 5.41) is 14.8. The molecular formula is C25H24N4O. The molecule has 0 bridgehead atoms. The highest BCUT2D eigenvalue weighted by Crippen LogP contribution is 2.57. The van der Waals surface area contributed by atoms with Crippen LogP contribution in [0.4, 0.5) is 0 Å². The Morgan fingerprint density at radius 1 is 1.20 bits per heavy atom. The van der Waals surface area contributed by atoms with Gasteiger partial charge in [0, 0.05) is 41.9 Å². The van der Waals surface area contributed by atoms with Crippen LogP contribution in [0, 0.1) is 29.1 Å². The van der Waals surface area contributed by atoms with E-state index in [4.69, 9.17) is 5.10 Å². The molecular weight excluding hydrogens is 372 g/mol. The highest BCUT2D eigenvalue weighted by atomic mass is 16.1. The molecule has 1 saturated carbocycles. The van der Waals surface area contributed by atoms with Crippen molar-refractivity contribution in [3.8, 4) is 17.3 Å². The van der Waals surface area contributed by atoms with Crippen molar-refractivity contribution in [2.75, 3.05) is 0 Å². The third-order valence-corrected chi connectivity index (χ3v) is 7.21. The molecule has 0 radical (unpaired) electrons. The molecule has 5 rings (SSSR count). The first-order chi connectivity index (χ1) is 14.6. The SMILES string of the molecule is C[C@@H]1C(=O)C(C#N)C[C@]2(c3ccccc3)c3c(c(-c4cccnc4)nn3C)CC[C@@H]12. The van der Waals surface area contributed by atoms with E-state index < -0.39 is 11.3 Å². The maximum atomic E-state index is 13.0. The Morgan fingerprint density at radius 2 is 2.00 bits per heavy atom. The molecule has 5 nitrogen and oxygen atoms in total. The minimum atomic E-state index is -0.598. The zero-order valence-electron chi connectivity index (χ0n) is 17.2. The van der Waals surface area contributed by atoms with Crippen LogP contribution in [-0.2, 0) is 23.7 Å². The van der Waals surface area contributed by atoms with Crippen molar-refractivity contribution in [1.29, 1.82) is 5.26 Å². The summed E-state index contributed by atoms with van der Waals surface area (Å²) in [5.41, 5.74) is 5.13. The van der Waals surface area contributed by atoms with Gasteiger partial charge in [-0.2, -0.15) is 10.4 Å². The molecule has 30 heavy (non-hydrogen) atoms. The van der Waals surface area contributed by atoms with Gasteiger partial charge in [0.05, 0.1) is 17.5 Å². The van der Waals surface area contributed by atoms with Gasteiger partial charge in [0.15, 0.2) is 5.78 Å². The number of hydrogen-bond donors (Lipinski definition) is 0. The van der Waals surface area contributed by atoms with Crippen molar-refractivity contribution < 1.29 is 4.79 Å². The quantitative estimate of drug-likeness (QED) is 0.654. The number of carbonyl (C=O) groups is 1. The number of Topliss-reactive ketones (excluding diaryl/α,β-unsaturated/α-hetero) is 1. The van der Waals surface area contributed by atoms with Crippen LogP contribution in [0.5, 0.6) is 0 Å². The maximum absolute atomic E-state index is 13.0. The van der Waals surface area contributed by atoms with E-state index in [0.717, 1.165) is 29.8 Å². The van der Waals surface area contributed by atoms with Crippen molar-refractivity contribution in [1.82, 2.24) is 14.8 Å². The van der Waals surface area contributed by atoms with Crippen molar-refractivity contribution in [2.24, 2.45) is 24.8 Å². The first-order valence-electron chi connectivity index (χ1n) is 10.5. The molecule has 2 aliphatic rings. The minimum absolute atomic E-state index is 0.0900. The van der Waals surface area contributed by atoms with Crippen LogP contribution < -0.4 is 0 Å². The number of pyridine rings is 1. The molecule has 0 aliphatic heterocycles. The number of nitriles is 1. The lowest BCUT2D eigenvalue weighted by atomic mass is 9.51. The Bertz CT molecular complexity index is 1150. The molecule has 1 fully saturated rings. The van der Waals surface area contributed by atoms with Crippen LogP contribution in [0.2, 0.25) is 0 Å². The predicted molar refractivity (Wildman–Crippen MR) is 113 cm³/mol. The Kier molecular flexibility index (Phi) is 4.32. The molecule has 150 valence electrons. The molecule has 0 N–H and O–H groups in total. The second-order valence-electron chi connectivity index (χ2n) is 8.60. The molecule has 0 amide bonds. The third kappa shape index (κ3) is 2.50. The fourth-order valence-corrected chi connectivity index (χ4v) is 6.00. The molecule has 3 aromatic rings. The summed E-state index contributed by atoms with van der Waals surface area (Å²) >= 11 is 0. The summed E-state index contributed by atoms with van der Waals surface area (Å²) < 4.78 is 1.99. The van der Waals surface area contributed by atoms with Gasteiger partial charge in [0.1, 0.15) is 5.92 Å². The predicted octanol–water partition coefficient (Wildman–Crippen LogP) is 4.08. The average molecular weight is 396 g/mol. The molecule has 5 heteroatoms. The van der Waals surface area contributed by atoms with Gasteiger partial charge < -0.3 is 0 Å². The van der Waals surface area contributed by atoms with Crippen molar-refractivity contribution in [3.05, 3.63) is 71.7 Å². The van der Waals surface area contributed by atoms with Crippen LogP contribution in [0.3, 0.4) is 0 Å². The summed E-state index contributed by atoms with van der Waals surface area (Å²) in [6.07, 6.45) is 5.93. The van der Waals surface area contributed by atoms with Gasteiger partial charge in [-0.1, -0.05) is 37.3 Å². The van der Waals surface area contributed by atoms with Crippen LogP contribution in [-0.4, -0.2) is 20.5 Å². The fourth-order valence-electron chi connectivity index (χ4n) is 6.00. The number of fused-ring (bicyclic) bond motifs is 3. The van der Waals surface area contributed by atoms with E-state index in [1.54, 1.807) is 6.20 Å². The number of aromatic nitrogens is 3. The maximum Gasteiger partial charge on any atom is 0.153 e. The zero-order valence-corrected chi connectivity index (χ0v) is 17.2. The molecule has 0 spiro atoms. The summed E-state index contributed by atoms with van der Waals surface area (Å²) in [6.45, 7) is 2.01. The van der Waals surface area contributed by atoms with E-state index in [0.29, 0.717) is 6.42 Å². The van der Waals surface area contributed by atoms with E-state index in [1.165, 1.54) is 11.1 Å². The van der Waals surface area contributed by atoms with E-state index in [1.807, 2.05) is 43.0 Å². The molecule has 4 atom stereocenters. The van der Waals surface area contributed by atoms with Gasteiger partial charge in [0.25, 0.3) is 0 Å². The van der Waals surface area contributed by atoms with Gasteiger partial charge in [-0.05, 0) is 42.9 Å². The standard InChI is InChI=1S/C25H24N4O/c1-16-21-11-10-20-22(17-7-6-12-27-15-17)28-29(2)24(20)25(21,13-18(14-26)23(16)30)19-8-4-3-5-9-19/h3-9,12,15-16,18,21H,10-11,13H2,1-2H3/t16-,18?,21-,25+/m0/s1. The smallest absolute Gasteiger partial charge is 0.153 e. The Balaban J connectivity index is 1.80. The zero-order chi connectivity index (χ0) is 20.9. The largest absolute Gasteiger partial charge is 0.298 e. The van der Waals surface area contributed by atoms with Crippen LogP contribution in [0.15, 0.2) is 54.9 Å².